The molecule has 0 bridgehead atoms. The average Bonchev–Trinajstić information content (AvgIpc) is 2.74. The van der Waals surface area contributed by atoms with Crippen molar-refractivity contribution >= 4 is 16.1 Å². The van der Waals surface area contributed by atoms with Gasteiger partial charge in [0.1, 0.15) is 17.1 Å². The molecule has 0 spiro atoms. The Hall–Kier alpha value is -3.63. The van der Waals surface area contributed by atoms with Gasteiger partial charge in [-0.2, -0.15) is 13.7 Å². The molecule has 30 heavy (non-hydrogen) atoms. The van der Waals surface area contributed by atoms with Crippen LogP contribution in [0.1, 0.15) is 32.6 Å². The Bertz CT molecular complexity index is 1230. The van der Waals surface area contributed by atoms with E-state index in [-0.39, 0.29) is 22.8 Å². The Morgan fingerprint density at radius 1 is 1.00 bits per heavy atom. The molecule has 0 aliphatic heterocycles. The molecule has 3 aromatic rings. The third kappa shape index (κ3) is 4.85. The lowest BCUT2D eigenvalue weighted by Gasteiger charge is -2.13. The summed E-state index contributed by atoms with van der Waals surface area (Å²) in [4.78, 5) is 12.6. The number of carbonyl (C=O) groups is 1. The molecular weight excluding hydrogens is 402 g/mol. The van der Waals surface area contributed by atoms with E-state index in [0.29, 0.717) is 16.7 Å². The fourth-order valence-corrected chi connectivity index (χ4v) is 4.01. The molecule has 0 saturated carbocycles. The summed E-state index contributed by atoms with van der Waals surface area (Å²) in [5.74, 6) is -0.825. The molecule has 3 aromatic carbocycles. The van der Waals surface area contributed by atoms with Gasteiger partial charge in [0.05, 0.1) is 11.6 Å². The number of aryl methyl sites for hydroxylation is 2. The molecule has 3 rings (SSSR count). The first-order valence-electron chi connectivity index (χ1n) is 9.07. The molecule has 6 nitrogen and oxygen atoms in total. The van der Waals surface area contributed by atoms with Gasteiger partial charge in [-0.25, -0.2) is 4.79 Å². The number of nitrogens with zero attached hydrogens (tertiary/aromatic N) is 1. The third-order valence-electron chi connectivity index (χ3n) is 4.37. The number of para-hydroxylation sites is 1. The van der Waals surface area contributed by atoms with Gasteiger partial charge >= 0.3 is 16.1 Å². The molecule has 0 radical (unpaired) electrons. The second kappa shape index (κ2) is 8.80. The fourth-order valence-electron chi connectivity index (χ4n) is 2.75. The number of esters is 1. The largest absolute Gasteiger partial charge is 0.457 e. The van der Waals surface area contributed by atoms with Gasteiger partial charge in [0.2, 0.25) is 0 Å². The highest BCUT2D eigenvalue weighted by atomic mass is 32.2. The number of nitriles is 1. The summed E-state index contributed by atoms with van der Waals surface area (Å²) in [5.41, 5.74) is 2.52. The van der Waals surface area contributed by atoms with E-state index in [9.17, 15) is 13.2 Å². The first-order chi connectivity index (χ1) is 14.3. The first kappa shape index (κ1) is 21.1. The molecule has 152 valence electrons. The van der Waals surface area contributed by atoms with E-state index < -0.39 is 16.1 Å². The summed E-state index contributed by atoms with van der Waals surface area (Å²) in [6.45, 7) is 3.43. The number of ether oxygens (including phenoxy) is 1. The maximum absolute atomic E-state index is 12.8. The van der Waals surface area contributed by atoms with Gasteiger partial charge in [0.15, 0.2) is 5.75 Å². The minimum atomic E-state index is -4.14. The lowest BCUT2D eigenvalue weighted by Crippen LogP contribution is -2.15. The van der Waals surface area contributed by atoms with Crippen molar-refractivity contribution in [2.75, 3.05) is 0 Å². The van der Waals surface area contributed by atoms with Gasteiger partial charge in [-0.3, -0.25) is 0 Å². The van der Waals surface area contributed by atoms with Crippen LogP contribution in [0, 0.1) is 25.2 Å². The van der Waals surface area contributed by atoms with Crippen LogP contribution in [0.25, 0.3) is 0 Å². The zero-order chi connectivity index (χ0) is 21.7. The Morgan fingerprint density at radius 2 is 1.70 bits per heavy atom. The smallest absolute Gasteiger partial charge is 0.342 e. The van der Waals surface area contributed by atoms with Gasteiger partial charge in [0.25, 0.3) is 0 Å². The average molecular weight is 421 g/mol. The van der Waals surface area contributed by atoms with Crippen molar-refractivity contribution in [1.82, 2.24) is 0 Å². The minimum absolute atomic E-state index is 0.0000242. The molecule has 0 heterocycles. The molecular formula is C23H19NO5S. The zero-order valence-electron chi connectivity index (χ0n) is 16.5. The zero-order valence-corrected chi connectivity index (χ0v) is 17.3. The molecule has 0 amide bonds. The van der Waals surface area contributed by atoms with Crippen molar-refractivity contribution < 1.29 is 22.1 Å². The van der Waals surface area contributed by atoms with Crippen LogP contribution in [0.5, 0.6) is 5.75 Å². The quantitative estimate of drug-likeness (QED) is 0.435. The molecule has 0 atom stereocenters. The molecule has 0 aliphatic rings. The molecule has 0 unspecified atom stereocenters. The van der Waals surface area contributed by atoms with Crippen LogP contribution in [0.2, 0.25) is 0 Å². The van der Waals surface area contributed by atoms with Crippen LogP contribution in [0.4, 0.5) is 0 Å². The summed E-state index contributed by atoms with van der Waals surface area (Å²) in [7, 11) is -4.14. The van der Waals surface area contributed by atoms with E-state index in [4.69, 9.17) is 14.2 Å². The second-order valence-electron chi connectivity index (χ2n) is 6.69. The highest BCUT2D eigenvalue weighted by molar-refractivity contribution is 7.87. The first-order valence-corrected chi connectivity index (χ1v) is 10.5. The van der Waals surface area contributed by atoms with Gasteiger partial charge in [-0.15, -0.1) is 0 Å². The second-order valence-corrected chi connectivity index (χ2v) is 8.20. The van der Waals surface area contributed by atoms with Crippen molar-refractivity contribution in [3.05, 3.63) is 94.5 Å². The van der Waals surface area contributed by atoms with Gasteiger partial charge in [0, 0.05) is 0 Å². The summed E-state index contributed by atoms with van der Waals surface area (Å²) < 4.78 is 36.2. The van der Waals surface area contributed by atoms with E-state index in [1.807, 2.05) is 12.1 Å². The Labute approximate surface area is 175 Å². The van der Waals surface area contributed by atoms with Crippen LogP contribution in [0.15, 0.2) is 71.6 Å². The Balaban J connectivity index is 1.80. The fraction of sp³-hybridized carbons (Fsp3) is 0.130. The lowest BCUT2D eigenvalue weighted by atomic mass is 10.1. The topological polar surface area (TPSA) is 93.5 Å². The summed E-state index contributed by atoms with van der Waals surface area (Å²) in [6.07, 6.45) is 0. The maximum atomic E-state index is 12.8. The van der Waals surface area contributed by atoms with E-state index in [1.54, 1.807) is 56.3 Å². The number of rotatable bonds is 6. The van der Waals surface area contributed by atoms with Crippen molar-refractivity contribution in [3.8, 4) is 11.8 Å². The van der Waals surface area contributed by atoms with Crippen LogP contribution in [-0.2, 0) is 21.5 Å². The van der Waals surface area contributed by atoms with Crippen molar-refractivity contribution in [1.29, 1.82) is 5.26 Å². The molecule has 0 aromatic heterocycles. The SMILES string of the molecule is Cc1ccc(C)c(S(=O)(=O)Oc2ccccc2C(=O)OCc2ccc(C#N)cc2)c1. The van der Waals surface area contributed by atoms with Crippen molar-refractivity contribution in [3.63, 3.8) is 0 Å². The van der Waals surface area contributed by atoms with Gasteiger partial charge in [-0.05, 0) is 60.9 Å². The molecule has 0 aliphatic carbocycles. The summed E-state index contributed by atoms with van der Waals surface area (Å²) in [5, 5.41) is 8.83. The lowest BCUT2D eigenvalue weighted by molar-refractivity contribution is 0.0471. The maximum Gasteiger partial charge on any atom is 0.342 e. The molecule has 0 N–H and O–H groups in total. The van der Waals surface area contributed by atoms with Crippen molar-refractivity contribution in [2.24, 2.45) is 0 Å². The predicted octanol–water partition coefficient (Wildman–Crippen LogP) is 4.30. The van der Waals surface area contributed by atoms with Crippen LogP contribution in [-0.4, -0.2) is 14.4 Å². The number of hydrogen-bond donors (Lipinski definition) is 0. The number of hydrogen-bond acceptors (Lipinski definition) is 6. The highest BCUT2D eigenvalue weighted by Gasteiger charge is 2.23. The third-order valence-corrected chi connectivity index (χ3v) is 5.75. The highest BCUT2D eigenvalue weighted by Crippen LogP contribution is 2.26. The van der Waals surface area contributed by atoms with E-state index >= 15 is 0 Å². The van der Waals surface area contributed by atoms with Gasteiger partial charge in [-0.1, -0.05) is 36.4 Å². The van der Waals surface area contributed by atoms with E-state index in [0.717, 1.165) is 5.56 Å². The molecule has 0 saturated heterocycles. The van der Waals surface area contributed by atoms with Crippen LogP contribution < -0.4 is 4.18 Å². The van der Waals surface area contributed by atoms with Gasteiger partial charge < -0.3 is 8.92 Å². The standard InChI is InChI=1S/C23H19NO5S/c1-16-7-8-17(2)22(13-16)30(26,27)29-21-6-4-3-5-20(21)23(25)28-15-19-11-9-18(14-24)10-12-19/h3-13H,15H2,1-2H3. The monoisotopic (exact) mass is 421 g/mol. The number of carbonyl (C=O) groups excluding carboxylic acids is 1. The number of benzene rings is 3. The van der Waals surface area contributed by atoms with Crippen molar-refractivity contribution in [2.45, 2.75) is 25.3 Å². The summed E-state index contributed by atoms with van der Waals surface area (Å²) in [6, 6.07) is 19.7. The summed E-state index contributed by atoms with van der Waals surface area (Å²) >= 11 is 0. The Morgan fingerprint density at radius 3 is 2.40 bits per heavy atom. The molecule has 0 fully saturated rings. The normalized spacial score (nSPS) is 10.8. The Kier molecular flexibility index (Phi) is 6.19. The molecule has 7 heteroatoms. The predicted molar refractivity (Wildman–Crippen MR) is 110 cm³/mol. The van der Waals surface area contributed by atoms with E-state index in [1.165, 1.54) is 18.2 Å². The minimum Gasteiger partial charge on any atom is -0.457 e. The van der Waals surface area contributed by atoms with Crippen LogP contribution in [0.3, 0.4) is 0 Å². The van der Waals surface area contributed by atoms with Crippen LogP contribution >= 0.6 is 0 Å². The van der Waals surface area contributed by atoms with E-state index in [2.05, 4.69) is 0 Å².